The topological polar surface area (TPSA) is 46.5 Å². The summed E-state index contributed by atoms with van der Waals surface area (Å²) >= 11 is 0. The number of hydrogen-bond donors (Lipinski definition) is 1. The van der Waals surface area contributed by atoms with Gasteiger partial charge in [0, 0.05) is 0 Å². The molecule has 1 atom stereocenters. The van der Waals surface area contributed by atoms with E-state index in [1.165, 1.54) is 77.7 Å². The number of aliphatic hydroxyl groups excluding tert-OH is 1. The highest BCUT2D eigenvalue weighted by atomic mass is 16.5. The Bertz CT molecular complexity index is 241. The van der Waals surface area contributed by atoms with Crippen molar-refractivity contribution in [2.45, 2.75) is 109 Å². The molecule has 3 heteroatoms. The number of ether oxygens (including phenoxy) is 1. The van der Waals surface area contributed by atoms with Crippen molar-refractivity contribution in [3.8, 4) is 0 Å². The third-order valence-corrected chi connectivity index (χ3v) is 4.27. The zero-order valence-electron chi connectivity index (χ0n) is 14.9. The number of carbonyl (C=O) groups is 1. The van der Waals surface area contributed by atoms with Crippen LogP contribution >= 0.6 is 0 Å². The van der Waals surface area contributed by atoms with Crippen LogP contribution in [0.3, 0.4) is 0 Å². The third kappa shape index (κ3) is 15.8. The van der Waals surface area contributed by atoms with E-state index >= 15 is 0 Å². The van der Waals surface area contributed by atoms with Crippen LogP contribution in [0.25, 0.3) is 0 Å². The van der Waals surface area contributed by atoms with Crippen molar-refractivity contribution in [2.75, 3.05) is 7.11 Å². The van der Waals surface area contributed by atoms with Crippen LogP contribution in [-0.2, 0) is 9.53 Å². The predicted molar refractivity (Wildman–Crippen MR) is 93.0 cm³/mol. The fourth-order valence-electron chi connectivity index (χ4n) is 2.78. The van der Waals surface area contributed by atoms with Crippen LogP contribution in [0.4, 0.5) is 0 Å². The Morgan fingerprint density at radius 1 is 0.818 bits per heavy atom. The van der Waals surface area contributed by atoms with Gasteiger partial charge in [0.25, 0.3) is 0 Å². The van der Waals surface area contributed by atoms with Crippen molar-refractivity contribution in [2.24, 2.45) is 0 Å². The Kier molecular flexibility index (Phi) is 16.4. The molecule has 0 aromatic rings. The molecule has 0 bridgehead atoms. The van der Waals surface area contributed by atoms with Crippen LogP contribution in [0.2, 0.25) is 0 Å². The standard InChI is InChI=1S/C19H38O3/c1-3-4-5-6-7-8-9-10-11-12-13-14-15-16-18(20)17-19(21)22-2/h18,20H,3-17H2,1-2H3/t18-/m1/s1. The van der Waals surface area contributed by atoms with Gasteiger partial charge < -0.3 is 9.84 Å². The summed E-state index contributed by atoms with van der Waals surface area (Å²) in [5, 5.41) is 9.63. The van der Waals surface area contributed by atoms with E-state index in [0.29, 0.717) is 6.42 Å². The zero-order valence-corrected chi connectivity index (χ0v) is 14.9. The molecule has 0 aliphatic rings. The van der Waals surface area contributed by atoms with Gasteiger partial charge in [0.15, 0.2) is 0 Å². The lowest BCUT2D eigenvalue weighted by Gasteiger charge is -2.08. The maximum atomic E-state index is 11.0. The Morgan fingerprint density at radius 3 is 1.64 bits per heavy atom. The van der Waals surface area contributed by atoms with Crippen LogP contribution in [0, 0.1) is 0 Å². The lowest BCUT2D eigenvalue weighted by atomic mass is 10.0. The quantitative estimate of drug-likeness (QED) is 0.307. The molecule has 0 saturated heterocycles. The van der Waals surface area contributed by atoms with Crippen LogP contribution in [0.5, 0.6) is 0 Å². The molecule has 0 unspecified atom stereocenters. The summed E-state index contributed by atoms with van der Waals surface area (Å²) in [6, 6.07) is 0. The van der Waals surface area contributed by atoms with E-state index in [1.54, 1.807) is 0 Å². The Balaban J connectivity index is 3.12. The fourth-order valence-corrected chi connectivity index (χ4v) is 2.78. The van der Waals surface area contributed by atoms with E-state index in [9.17, 15) is 9.90 Å². The number of methoxy groups -OCH3 is 1. The zero-order chi connectivity index (χ0) is 16.5. The minimum absolute atomic E-state index is 0.134. The van der Waals surface area contributed by atoms with Crippen LogP contribution < -0.4 is 0 Å². The maximum Gasteiger partial charge on any atom is 0.308 e. The summed E-state index contributed by atoms with van der Waals surface area (Å²) in [4.78, 5) is 11.0. The molecule has 0 heterocycles. The van der Waals surface area contributed by atoms with Crippen LogP contribution in [0.1, 0.15) is 103 Å². The average Bonchev–Trinajstić information content (AvgIpc) is 2.51. The summed E-state index contributed by atoms with van der Waals surface area (Å²) in [6.45, 7) is 2.26. The Hall–Kier alpha value is -0.570. The van der Waals surface area contributed by atoms with Crippen molar-refractivity contribution < 1.29 is 14.6 Å². The SMILES string of the molecule is CCCCCCCCCCCCCCC[C@@H](O)CC(=O)OC. The van der Waals surface area contributed by atoms with Gasteiger partial charge in [0.1, 0.15) is 0 Å². The van der Waals surface area contributed by atoms with Crippen molar-refractivity contribution in [1.82, 2.24) is 0 Å². The molecule has 0 radical (unpaired) electrons. The second kappa shape index (κ2) is 16.8. The number of carbonyl (C=O) groups excluding carboxylic acids is 1. The highest BCUT2D eigenvalue weighted by molar-refractivity contribution is 5.69. The normalized spacial score (nSPS) is 12.3. The van der Waals surface area contributed by atoms with Gasteiger partial charge >= 0.3 is 5.97 Å². The van der Waals surface area contributed by atoms with Crippen molar-refractivity contribution in [3.05, 3.63) is 0 Å². The number of unbranched alkanes of at least 4 members (excludes halogenated alkanes) is 12. The first-order valence-corrected chi connectivity index (χ1v) is 9.45. The molecule has 0 amide bonds. The second-order valence-electron chi connectivity index (χ2n) is 6.47. The molecule has 0 rings (SSSR count). The summed E-state index contributed by atoms with van der Waals surface area (Å²) in [7, 11) is 1.36. The molecule has 1 N–H and O–H groups in total. The van der Waals surface area contributed by atoms with Gasteiger partial charge in [-0.05, 0) is 6.42 Å². The van der Waals surface area contributed by atoms with E-state index in [4.69, 9.17) is 0 Å². The Morgan fingerprint density at radius 2 is 1.23 bits per heavy atom. The molecule has 0 aliphatic carbocycles. The Labute approximate surface area is 137 Å². The first-order chi connectivity index (χ1) is 10.7. The van der Waals surface area contributed by atoms with E-state index in [0.717, 1.165) is 12.8 Å². The molecular formula is C19H38O3. The first-order valence-electron chi connectivity index (χ1n) is 9.45. The predicted octanol–water partition coefficient (Wildman–Crippen LogP) is 5.39. The van der Waals surface area contributed by atoms with Crippen LogP contribution in [-0.4, -0.2) is 24.3 Å². The van der Waals surface area contributed by atoms with Crippen molar-refractivity contribution in [1.29, 1.82) is 0 Å². The summed E-state index contributed by atoms with van der Waals surface area (Å²) in [5.74, 6) is -0.317. The lowest BCUT2D eigenvalue weighted by Crippen LogP contribution is -2.14. The average molecular weight is 315 g/mol. The smallest absolute Gasteiger partial charge is 0.308 e. The van der Waals surface area contributed by atoms with E-state index < -0.39 is 6.10 Å². The molecule has 22 heavy (non-hydrogen) atoms. The van der Waals surface area contributed by atoms with Gasteiger partial charge in [0.05, 0.1) is 19.6 Å². The maximum absolute atomic E-state index is 11.0. The number of esters is 1. The first kappa shape index (κ1) is 21.4. The van der Waals surface area contributed by atoms with E-state index in [2.05, 4.69) is 11.7 Å². The van der Waals surface area contributed by atoms with Gasteiger partial charge in [-0.25, -0.2) is 0 Å². The summed E-state index contributed by atoms with van der Waals surface area (Å²) in [5.41, 5.74) is 0. The fraction of sp³-hybridized carbons (Fsp3) is 0.947. The molecule has 0 saturated carbocycles. The van der Waals surface area contributed by atoms with Gasteiger partial charge in [-0.15, -0.1) is 0 Å². The highest BCUT2D eigenvalue weighted by Gasteiger charge is 2.09. The lowest BCUT2D eigenvalue weighted by molar-refractivity contribution is -0.142. The molecular weight excluding hydrogens is 276 g/mol. The molecule has 0 aliphatic heterocycles. The van der Waals surface area contributed by atoms with Crippen molar-refractivity contribution in [3.63, 3.8) is 0 Å². The molecule has 132 valence electrons. The largest absolute Gasteiger partial charge is 0.469 e. The number of rotatable bonds is 16. The summed E-state index contributed by atoms with van der Waals surface area (Å²) in [6.07, 6.45) is 17.6. The second-order valence-corrected chi connectivity index (χ2v) is 6.47. The van der Waals surface area contributed by atoms with Gasteiger partial charge in [0.2, 0.25) is 0 Å². The van der Waals surface area contributed by atoms with Crippen molar-refractivity contribution >= 4 is 5.97 Å². The molecule has 0 aromatic carbocycles. The molecule has 0 fully saturated rings. The monoisotopic (exact) mass is 314 g/mol. The third-order valence-electron chi connectivity index (χ3n) is 4.27. The minimum atomic E-state index is -0.528. The van der Waals surface area contributed by atoms with Gasteiger partial charge in [-0.2, -0.15) is 0 Å². The highest BCUT2D eigenvalue weighted by Crippen LogP contribution is 2.13. The number of hydrogen-bond acceptors (Lipinski definition) is 3. The van der Waals surface area contributed by atoms with Gasteiger partial charge in [-0.3, -0.25) is 4.79 Å². The van der Waals surface area contributed by atoms with E-state index in [1.807, 2.05) is 0 Å². The van der Waals surface area contributed by atoms with Gasteiger partial charge in [-0.1, -0.05) is 90.4 Å². The minimum Gasteiger partial charge on any atom is -0.469 e. The number of aliphatic hydroxyl groups is 1. The molecule has 3 nitrogen and oxygen atoms in total. The summed E-state index contributed by atoms with van der Waals surface area (Å²) < 4.78 is 4.54. The van der Waals surface area contributed by atoms with E-state index in [-0.39, 0.29) is 12.4 Å². The molecule has 0 spiro atoms. The molecule has 0 aromatic heterocycles. The van der Waals surface area contributed by atoms with Crippen LogP contribution in [0.15, 0.2) is 0 Å².